The van der Waals surface area contributed by atoms with Crippen molar-refractivity contribution in [1.82, 2.24) is 0 Å². The van der Waals surface area contributed by atoms with Crippen LogP contribution in [0.2, 0.25) is 0 Å². The van der Waals surface area contributed by atoms with Crippen LogP contribution in [0, 0.1) is 12.3 Å². The summed E-state index contributed by atoms with van der Waals surface area (Å²) in [6, 6.07) is 0. The fraction of sp³-hybridized carbons (Fsp3) is 0.733. The highest BCUT2D eigenvalue weighted by atomic mass is 79.9. The molecule has 0 unspecified atom stereocenters. The van der Waals surface area contributed by atoms with Gasteiger partial charge in [0.15, 0.2) is 0 Å². The maximum atomic E-state index is 6.28. The summed E-state index contributed by atoms with van der Waals surface area (Å²) < 4.78 is 12.4. The number of terminal acetylenes is 1. The largest absolute Gasteiger partial charge is 0.371 e. The molecule has 19 heavy (non-hydrogen) atoms. The van der Waals surface area contributed by atoms with Gasteiger partial charge < -0.3 is 9.47 Å². The summed E-state index contributed by atoms with van der Waals surface area (Å²) in [6.45, 7) is 2.18. The maximum absolute atomic E-state index is 6.28. The molecule has 0 radical (unpaired) electrons. The van der Waals surface area contributed by atoms with Crippen molar-refractivity contribution in [2.45, 2.75) is 66.7 Å². The number of halogens is 2. The van der Waals surface area contributed by atoms with E-state index in [4.69, 9.17) is 15.9 Å². The summed E-state index contributed by atoms with van der Waals surface area (Å²) in [6.07, 6.45) is 13.7. The summed E-state index contributed by atoms with van der Waals surface area (Å²) >= 11 is 7.49. The Labute approximate surface area is 132 Å². The minimum Gasteiger partial charge on any atom is -0.371 e. The van der Waals surface area contributed by atoms with Crippen LogP contribution in [-0.4, -0.2) is 34.1 Å². The quantitative estimate of drug-likeness (QED) is 0.535. The average Bonchev–Trinajstić information content (AvgIpc) is 2.72. The highest BCUT2D eigenvalue weighted by molar-refractivity contribution is 9.09. The zero-order chi connectivity index (χ0) is 13.8. The molecular formula is C15H20Br2O2. The van der Waals surface area contributed by atoms with Gasteiger partial charge in [0.05, 0.1) is 24.4 Å². The normalized spacial score (nSPS) is 40.0. The van der Waals surface area contributed by atoms with Crippen molar-refractivity contribution in [2.75, 3.05) is 0 Å². The summed E-state index contributed by atoms with van der Waals surface area (Å²) in [5.41, 5.74) is 0. The second kappa shape index (κ2) is 7.26. The second-order valence-electron chi connectivity index (χ2n) is 5.14. The first-order chi connectivity index (χ1) is 9.15. The minimum absolute atomic E-state index is 0.133. The molecule has 2 fully saturated rings. The molecule has 0 N–H and O–H groups in total. The smallest absolute Gasteiger partial charge is 0.0876 e. The van der Waals surface area contributed by atoms with E-state index in [-0.39, 0.29) is 24.4 Å². The predicted molar refractivity (Wildman–Crippen MR) is 84.9 cm³/mol. The van der Waals surface area contributed by atoms with Crippen LogP contribution >= 0.6 is 31.9 Å². The van der Waals surface area contributed by atoms with Crippen molar-refractivity contribution in [2.24, 2.45) is 0 Å². The van der Waals surface area contributed by atoms with Gasteiger partial charge in [-0.05, 0) is 25.3 Å². The topological polar surface area (TPSA) is 18.5 Å². The van der Waals surface area contributed by atoms with Gasteiger partial charge in [-0.1, -0.05) is 50.8 Å². The molecule has 0 aromatic heterocycles. The molecule has 2 bridgehead atoms. The zero-order valence-electron chi connectivity index (χ0n) is 11.1. The molecule has 2 saturated heterocycles. The van der Waals surface area contributed by atoms with Gasteiger partial charge in [0.2, 0.25) is 0 Å². The standard InChI is InChI=1S/C15H20Br2O2/c1-3-5-6-7-12-15-9-14(18-12)11(17)8-13(19-15)10(16)4-2/h1,5-6,10-15H,4,7-9H2,2H3/b6-5-/t10-,11-,12-,13+,14-,15-/m0/s1. The van der Waals surface area contributed by atoms with E-state index in [2.05, 4.69) is 44.7 Å². The Balaban J connectivity index is 2.02. The van der Waals surface area contributed by atoms with E-state index in [0.29, 0.717) is 9.65 Å². The van der Waals surface area contributed by atoms with E-state index in [1.54, 1.807) is 6.08 Å². The first-order valence-electron chi connectivity index (χ1n) is 6.85. The Hall–Kier alpha value is 0.180. The van der Waals surface area contributed by atoms with Gasteiger partial charge in [0.25, 0.3) is 0 Å². The third-order valence-corrected chi connectivity index (χ3v) is 6.02. The van der Waals surface area contributed by atoms with Crippen LogP contribution in [0.1, 0.15) is 32.6 Å². The Kier molecular flexibility index (Phi) is 5.95. The fourth-order valence-corrected chi connectivity index (χ4v) is 3.80. The van der Waals surface area contributed by atoms with Crippen LogP contribution in [0.3, 0.4) is 0 Å². The molecule has 0 amide bonds. The third kappa shape index (κ3) is 3.85. The van der Waals surface area contributed by atoms with Crippen LogP contribution in [0.25, 0.3) is 0 Å². The fourth-order valence-electron chi connectivity index (χ4n) is 2.75. The molecule has 2 aliphatic rings. The van der Waals surface area contributed by atoms with Gasteiger partial charge in [-0.3, -0.25) is 0 Å². The highest BCUT2D eigenvalue weighted by Crippen LogP contribution is 2.38. The van der Waals surface area contributed by atoms with Gasteiger partial charge in [-0.25, -0.2) is 0 Å². The number of ether oxygens (including phenoxy) is 2. The van der Waals surface area contributed by atoms with Crippen molar-refractivity contribution in [3.05, 3.63) is 12.2 Å². The number of hydrogen-bond acceptors (Lipinski definition) is 2. The molecule has 0 spiro atoms. The van der Waals surface area contributed by atoms with Gasteiger partial charge in [-0.2, -0.15) is 0 Å². The number of fused-ring (bicyclic) bond motifs is 2. The lowest BCUT2D eigenvalue weighted by Gasteiger charge is -2.30. The van der Waals surface area contributed by atoms with E-state index < -0.39 is 0 Å². The molecule has 0 saturated carbocycles. The van der Waals surface area contributed by atoms with E-state index in [1.165, 1.54) is 0 Å². The number of alkyl halides is 2. The predicted octanol–water partition coefficient (Wildman–Crippen LogP) is 3.82. The molecule has 0 aromatic rings. The van der Waals surface area contributed by atoms with Gasteiger partial charge in [-0.15, -0.1) is 6.42 Å². The molecule has 4 heteroatoms. The molecule has 2 nitrogen and oxygen atoms in total. The van der Waals surface area contributed by atoms with E-state index in [1.807, 2.05) is 6.08 Å². The van der Waals surface area contributed by atoms with Crippen molar-refractivity contribution >= 4 is 31.9 Å². The molecule has 2 aliphatic heterocycles. The SMILES string of the molecule is C#C/C=C\C[C@@H]1O[C@H]2C[C@@H]1O[C@@H]([C@@H](Br)CC)C[C@@H]2Br. The summed E-state index contributed by atoms with van der Waals surface area (Å²) in [5.74, 6) is 2.51. The van der Waals surface area contributed by atoms with Crippen molar-refractivity contribution in [3.63, 3.8) is 0 Å². The molecule has 0 aromatic carbocycles. The van der Waals surface area contributed by atoms with Crippen LogP contribution in [0.15, 0.2) is 12.2 Å². The minimum atomic E-state index is 0.133. The third-order valence-electron chi connectivity index (χ3n) is 3.82. The van der Waals surface area contributed by atoms with Gasteiger partial charge in [0, 0.05) is 16.1 Å². The van der Waals surface area contributed by atoms with E-state index in [9.17, 15) is 0 Å². The van der Waals surface area contributed by atoms with Crippen LogP contribution in [-0.2, 0) is 9.47 Å². The lowest BCUT2D eigenvalue weighted by atomic mass is 10.1. The Bertz CT molecular complexity index is 364. The summed E-state index contributed by atoms with van der Waals surface area (Å²) in [7, 11) is 0. The number of allylic oxidation sites excluding steroid dienone is 1. The Morgan fingerprint density at radius 1 is 1.37 bits per heavy atom. The Morgan fingerprint density at radius 3 is 2.84 bits per heavy atom. The maximum Gasteiger partial charge on any atom is 0.0876 e. The monoisotopic (exact) mass is 390 g/mol. The van der Waals surface area contributed by atoms with Crippen LogP contribution in [0.5, 0.6) is 0 Å². The highest BCUT2D eigenvalue weighted by Gasteiger charge is 2.44. The average molecular weight is 392 g/mol. The van der Waals surface area contributed by atoms with Crippen LogP contribution < -0.4 is 0 Å². The molecule has 0 aliphatic carbocycles. The van der Waals surface area contributed by atoms with Crippen molar-refractivity contribution in [3.8, 4) is 12.3 Å². The lowest BCUT2D eigenvalue weighted by Crippen LogP contribution is -2.36. The van der Waals surface area contributed by atoms with Crippen LogP contribution in [0.4, 0.5) is 0 Å². The summed E-state index contributed by atoms with van der Waals surface area (Å²) in [4.78, 5) is 0.782. The molecule has 106 valence electrons. The summed E-state index contributed by atoms with van der Waals surface area (Å²) in [5, 5.41) is 0. The first-order valence-corrected chi connectivity index (χ1v) is 8.69. The Morgan fingerprint density at radius 2 is 2.16 bits per heavy atom. The number of rotatable bonds is 4. The molecule has 6 atom stereocenters. The van der Waals surface area contributed by atoms with Crippen molar-refractivity contribution < 1.29 is 9.47 Å². The van der Waals surface area contributed by atoms with E-state index >= 15 is 0 Å². The number of hydrogen-bond donors (Lipinski definition) is 0. The zero-order valence-corrected chi connectivity index (χ0v) is 14.3. The second-order valence-corrected chi connectivity index (χ2v) is 7.49. The van der Waals surface area contributed by atoms with Gasteiger partial charge >= 0.3 is 0 Å². The first kappa shape index (κ1) is 15.6. The lowest BCUT2D eigenvalue weighted by molar-refractivity contribution is -0.0732. The van der Waals surface area contributed by atoms with E-state index in [0.717, 1.165) is 25.7 Å². The van der Waals surface area contributed by atoms with Gasteiger partial charge in [0.1, 0.15) is 0 Å². The molecular weight excluding hydrogens is 372 g/mol. The van der Waals surface area contributed by atoms with Crippen molar-refractivity contribution in [1.29, 1.82) is 0 Å². The molecule has 2 rings (SSSR count). The molecule has 2 heterocycles.